The third-order valence-electron chi connectivity index (χ3n) is 2.27. The number of carboxylic acid groups (broad SMARTS) is 1. The summed E-state index contributed by atoms with van der Waals surface area (Å²) in [6.45, 7) is 0. The number of rotatable bonds is 2. The Labute approximate surface area is 118 Å². The number of nitrogens with zero attached hydrogens (tertiary/aromatic N) is 1. The van der Waals surface area contributed by atoms with Crippen LogP contribution < -0.4 is 0 Å². The smallest absolute Gasteiger partial charge is 0.337 e. The van der Waals surface area contributed by atoms with E-state index < -0.39 is 5.97 Å². The van der Waals surface area contributed by atoms with Gasteiger partial charge >= 0.3 is 5.97 Å². The summed E-state index contributed by atoms with van der Waals surface area (Å²) in [6.07, 6.45) is 1.37. The fourth-order valence-corrected chi connectivity index (χ4v) is 2.15. The van der Waals surface area contributed by atoms with Crippen molar-refractivity contribution in [1.29, 1.82) is 0 Å². The number of carboxylic acids is 1. The summed E-state index contributed by atoms with van der Waals surface area (Å²) in [5, 5.41) is 10.2. The van der Waals surface area contributed by atoms with Gasteiger partial charge in [-0.2, -0.15) is 0 Å². The van der Waals surface area contributed by atoms with Gasteiger partial charge in [-0.25, -0.2) is 4.79 Å². The Morgan fingerprint density at radius 2 is 1.83 bits per heavy atom. The van der Waals surface area contributed by atoms with Gasteiger partial charge in [0.1, 0.15) is 0 Å². The van der Waals surface area contributed by atoms with Crippen molar-refractivity contribution in [2.24, 2.45) is 0 Å². The molecule has 0 unspecified atom stereocenters. The van der Waals surface area contributed by atoms with Crippen LogP contribution in [0.15, 0.2) is 30.5 Å². The predicted molar refractivity (Wildman–Crippen MR) is 71.7 cm³/mol. The van der Waals surface area contributed by atoms with Gasteiger partial charge in [-0.15, -0.1) is 0 Å². The lowest BCUT2D eigenvalue weighted by Gasteiger charge is -2.07. The van der Waals surface area contributed by atoms with Crippen LogP contribution in [-0.2, 0) is 0 Å². The summed E-state index contributed by atoms with van der Waals surface area (Å²) in [5.74, 6) is -1.12. The SMILES string of the molecule is O=C(O)c1cc(Cl)cnc1-c1ccc(Cl)cc1Cl. The van der Waals surface area contributed by atoms with Crippen molar-refractivity contribution in [1.82, 2.24) is 4.98 Å². The highest BCUT2D eigenvalue weighted by molar-refractivity contribution is 6.36. The highest BCUT2D eigenvalue weighted by atomic mass is 35.5. The normalized spacial score (nSPS) is 10.4. The lowest BCUT2D eigenvalue weighted by molar-refractivity contribution is 0.0697. The zero-order valence-electron chi connectivity index (χ0n) is 8.82. The van der Waals surface area contributed by atoms with E-state index in [1.807, 2.05) is 0 Å². The maximum atomic E-state index is 11.2. The van der Waals surface area contributed by atoms with Gasteiger partial charge in [0.15, 0.2) is 0 Å². The van der Waals surface area contributed by atoms with Crippen molar-refractivity contribution in [3.8, 4) is 11.3 Å². The molecule has 1 aromatic heterocycles. The van der Waals surface area contributed by atoms with Gasteiger partial charge < -0.3 is 5.11 Å². The van der Waals surface area contributed by atoms with E-state index in [1.165, 1.54) is 18.3 Å². The molecule has 0 radical (unpaired) electrons. The van der Waals surface area contributed by atoms with E-state index in [9.17, 15) is 4.79 Å². The second kappa shape index (κ2) is 5.14. The van der Waals surface area contributed by atoms with E-state index in [2.05, 4.69) is 4.98 Å². The number of benzene rings is 1. The molecule has 0 aliphatic carbocycles. The molecular weight excluding hydrogens is 296 g/mol. The molecule has 1 aromatic carbocycles. The average Bonchev–Trinajstić information content (AvgIpc) is 2.29. The number of pyridine rings is 1. The van der Waals surface area contributed by atoms with Crippen LogP contribution in [0.3, 0.4) is 0 Å². The molecule has 0 atom stereocenters. The van der Waals surface area contributed by atoms with Crippen molar-refractivity contribution in [3.63, 3.8) is 0 Å². The minimum Gasteiger partial charge on any atom is -0.478 e. The van der Waals surface area contributed by atoms with Gasteiger partial charge in [0.2, 0.25) is 0 Å². The largest absolute Gasteiger partial charge is 0.478 e. The third kappa shape index (κ3) is 2.58. The molecular formula is C12H6Cl3NO2. The standard InChI is InChI=1S/C12H6Cl3NO2/c13-6-1-2-8(10(15)4-6)11-9(12(17)18)3-7(14)5-16-11/h1-5H,(H,17,18). The van der Waals surface area contributed by atoms with Crippen LogP contribution in [0.4, 0.5) is 0 Å². The molecule has 0 spiro atoms. The number of halogens is 3. The zero-order chi connectivity index (χ0) is 13.3. The summed E-state index contributed by atoms with van der Waals surface area (Å²) >= 11 is 17.6. The molecule has 3 nitrogen and oxygen atoms in total. The van der Waals surface area contributed by atoms with Crippen LogP contribution in [0.5, 0.6) is 0 Å². The molecule has 1 heterocycles. The zero-order valence-corrected chi connectivity index (χ0v) is 11.1. The summed E-state index contributed by atoms with van der Waals surface area (Å²) in [6, 6.07) is 6.09. The van der Waals surface area contributed by atoms with Crippen LogP contribution in [0, 0.1) is 0 Å². The molecule has 0 aliphatic heterocycles. The summed E-state index contributed by atoms with van der Waals surface area (Å²) < 4.78 is 0. The van der Waals surface area contributed by atoms with E-state index >= 15 is 0 Å². The van der Waals surface area contributed by atoms with Crippen molar-refractivity contribution < 1.29 is 9.90 Å². The van der Waals surface area contributed by atoms with Crippen molar-refractivity contribution >= 4 is 40.8 Å². The summed E-state index contributed by atoms with van der Waals surface area (Å²) in [5.41, 5.74) is 0.746. The van der Waals surface area contributed by atoms with Crippen LogP contribution in [0.2, 0.25) is 15.1 Å². The Hall–Kier alpha value is -1.29. The van der Waals surface area contributed by atoms with Gasteiger partial charge in [0, 0.05) is 16.8 Å². The highest BCUT2D eigenvalue weighted by Gasteiger charge is 2.16. The average molecular weight is 303 g/mol. The van der Waals surface area contributed by atoms with Gasteiger partial charge in [-0.05, 0) is 24.3 Å². The molecule has 92 valence electrons. The lowest BCUT2D eigenvalue weighted by atomic mass is 10.1. The highest BCUT2D eigenvalue weighted by Crippen LogP contribution is 2.32. The van der Waals surface area contributed by atoms with Gasteiger partial charge in [0.25, 0.3) is 0 Å². The molecule has 18 heavy (non-hydrogen) atoms. The van der Waals surface area contributed by atoms with E-state index in [0.717, 1.165) is 0 Å². The molecule has 0 bridgehead atoms. The lowest BCUT2D eigenvalue weighted by Crippen LogP contribution is -2.01. The number of carbonyl (C=O) groups is 1. The minimum absolute atomic E-state index is 0.00766. The van der Waals surface area contributed by atoms with Crippen LogP contribution >= 0.6 is 34.8 Å². The summed E-state index contributed by atoms with van der Waals surface area (Å²) in [7, 11) is 0. The molecule has 1 N–H and O–H groups in total. The Bertz CT molecular complexity index is 629. The molecule has 0 saturated carbocycles. The molecule has 2 aromatic rings. The molecule has 6 heteroatoms. The monoisotopic (exact) mass is 301 g/mol. The first-order valence-electron chi connectivity index (χ1n) is 4.83. The summed E-state index contributed by atoms with van der Waals surface area (Å²) in [4.78, 5) is 15.2. The van der Waals surface area contributed by atoms with E-state index in [1.54, 1.807) is 12.1 Å². The van der Waals surface area contributed by atoms with Crippen LogP contribution in [-0.4, -0.2) is 16.1 Å². The van der Waals surface area contributed by atoms with Crippen molar-refractivity contribution in [3.05, 3.63) is 51.1 Å². The maximum Gasteiger partial charge on any atom is 0.337 e. The Morgan fingerprint density at radius 3 is 2.44 bits per heavy atom. The Balaban J connectivity index is 2.67. The van der Waals surface area contributed by atoms with Crippen LogP contribution in [0.25, 0.3) is 11.3 Å². The fraction of sp³-hybridized carbons (Fsp3) is 0. The van der Waals surface area contributed by atoms with E-state index in [-0.39, 0.29) is 16.3 Å². The van der Waals surface area contributed by atoms with Gasteiger partial charge in [-0.1, -0.05) is 34.8 Å². The number of aromatic nitrogens is 1. The molecule has 0 fully saturated rings. The van der Waals surface area contributed by atoms with Gasteiger partial charge in [-0.3, -0.25) is 4.98 Å². The second-order valence-corrected chi connectivity index (χ2v) is 4.76. The number of hydrogen-bond acceptors (Lipinski definition) is 2. The Morgan fingerprint density at radius 1 is 1.11 bits per heavy atom. The fourth-order valence-electron chi connectivity index (χ4n) is 1.50. The Kier molecular flexibility index (Phi) is 3.76. The maximum absolute atomic E-state index is 11.2. The predicted octanol–water partition coefficient (Wildman–Crippen LogP) is 4.41. The molecule has 0 aliphatic rings. The van der Waals surface area contributed by atoms with Gasteiger partial charge in [0.05, 0.1) is 21.3 Å². The quantitative estimate of drug-likeness (QED) is 0.894. The first-order chi connectivity index (χ1) is 8.49. The first-order valence-corrected chi connectivity index (χ1v) is 5.96. The van der Waals surface area contributed by atoms with E-state index in [4.69, 9.17) is 39.9 Å². The molecule has 0 saturated heterocycles. The minimum atomic E-state index is -1.12. The first kappa shape index (κ1) is 13.1. The molecule has 0 amide bonds. The van der Waals surface area contributed by atoms with Crippen molar-refractivity contribution in [2.45, 2.75) is 0 Å². The number of aromatic carboxylic acids is 1. The third-order valence-corrected chi connectivity index (χ3v) is 3.03. The topological polar surface area (TPSA) is 50.2 Å². The molecule has 2 rings (SSSR count). The van der Waals surface area contributed by atoms with E-state index in [0.29, 0.717) is 15.6 Å². The van der Waals surface area contributed by atoms with Crippen LogP contribution in [0.1, 0.15) is 10.4 Å². The number of hydrogen-bond donors (Lipinski definition) is 1. The second-order valence-electron chi connectivity index (χ2n) is 3.48. The van der Waals surface area contributed by atoms with Crippen molar-refractivity contribution in [2.75, 3.05) is 0 Å².